The Morgan fingerprint density at radius 3 is 3.18 bits per heavy atom. The van der Waals surface area contributed by atoms with E-state index in [1.807, 2.05) is 6.08 Å². The van der Waals surface area contributed by atoms with Crippen LogP contribution >= 0.6 is 0 Å². The maximum atomic E-state index is 3.73. The number of hydrogen-bond acceptors (Lipinski definition) is 0. The first kappa shape index (κ1) is 8.32. The molecule has 1 atom stereocenters. The Morgan fingerprint density at radius 2 is 2.64 bits per heavy atom. The van der Waals surface area contributed by atoms with Gasteiger partial charge >= 0.3 is 0 Å². The molecule has 1 unspecified atom stereocenters. The summed E-state index contributed by atoms with van der Waals surface area (Å²) in [5.74, 6) is 0.720. The van der Waals surface area contributed by atoms with Crippen molar-refractivity contribution in [2.45, 2.75) is 26.2 Å². The molecule has 0 aliphatic heterocycles. The van der Waals surface area contributed by atoms with Gasteiger partial charge in [-0.2, -0.15) is 0 Å². The average molecular weight is 147 g/mol. The maximum Gasteiger partial charge on any atom is -0.00885 e. The number of rotatable bonds is 4. The molecule has 0 spiro atoms. The van der Waals surface area contributed by atoms with Crippen LogP contribution in [-0.4, -0.2) is 0 Å². The largest absolute Gasteiger partial charge is 0.103 e. The van der Waals surface area contributed by atoms with Gasteiger partial charge in [0.2, 0.25) is 0 Å². The minimum Gasteiger partial charge on any atom is -0.103 e. The predicted octanol–water partition coefficient (Wildman–Crippen LogP) is 3.28. The van der Waals surface area contributed by atoms with E-state index in [0.29, 0.717) is 0 Å². The van der Waals surface area contributed by atoms with Gasteiger partial charge in [-0.3, -0.25) is 0 Å². The molecule has 0 nitrogen and oxygen atoms in total. The molecule has 0 aromatic heterocycles. The second-order valence-electron chi connectivity index (χ2n) is 3.14. The third-order valence-corrected chi connectivity index (χ3v) is 1.90. The van der Waals surface area contributed by atoms with Gasteiger partial charge in [0.25, 0.3) is 0 Å². The van der Waals surface area contributed by atoms with Crippen LogP contribution in [0.3, 0.4) is 0 Å². The highest BCUT2D eigenvalue weighted by Crippen LogP contribution is 2.19. The first-order valence-electron chi connectivity index (χ1n) is 4.20. The average Bonchev–Trinajstić information content (AvgIpc) is 2.40. The van der Waals surface area contributed by atoms with Crippen molar-refractivity contribution in [1.82, 2.24) is 0 Å². The summed E-state index contributed by atoms with van der Waals surface area (Å²) in [6.45, 7) is 5.98. The highest BCUT2D eigenvalue weighted by atomic mass is 14.1. The summed E-state index contributed by atoms with van der Waals surface area (Å²) in [4.78, 5) is 0. The molecule has 59 valence electrons. The van der Waals surface area contributed by atoms with Gasteiger partial charge < -0.3 is 0 Å². The summed E-state index contributed by atoms with van der Waals surface area (Å²) < 4.78 is 0. The van der Waals surface area contributed by atoms with Gasteiger partial charge in [0.1, 0.15) is 0 Å². The minimum atomic E-state index is 0.720. The first-order chi connectivity index (χ1) is 5.33. The molecule has 0 aromatic carbocycles. The Hall–Kier alpha value is -0.780. The highest BCUT2D eigenvalue weighted by molar-refractivity contribution is 5.22. The van der Waals surface area contributed by atoms with Crippen LogP contribution < -0.4 is 0 Å². The van der Waals surface area contributed by atoms with Crippen molar-refractivity contribution in [3.05, 3.63) is 36.5 Å². The van der Waals surface area contributed by atoms with Crippen LogP contribution in [0, 0.1) is 12.0 Å². The van der Waals surface area contributed by atoms with Crippen LogP contribution in [-0.2, 0) is 0 Å². The highest BCUT2D eigenvalue weighted by Gasteiger charge is 2.03. The van der Waals surface area contributed by atoms with Crippen molar-refractivity contribution in [1.29, 1.82) is 0 Å². The lowest BCUT2D eigenvalue weighted by Gasteiger charge is -2.06. The van der Waals surface area contributed by atoms with Crippen LogP contribution in [0.1, 0.15) is 26.2 Å². The molecule has 1 radical (unpaired) electrons. The second-order valence-corrected chi connectivity index (χ2v) is 3.14. The fraction of sp³-hybridized carbons (Fsp3) is 0.455. The monoisotopic (exact) mass is 147 g/mol. The number of allylic oxidation sites excluding steroid dienone is 5. The van der Waals surface area contributed by atoms with E-state index in [9.17, 15) is 0 Å². The van der Waals surface area contributed by atoms with Crippen LogP contribution in [0.2, 0.25) is 0 Å². The SMILES string of the molecule is C=CCC(C)CC1=[C]CC=C1. The van der Waals surface area contributed by atoms with E-state index >= 15 is 0 Å². The van der Waals surface area contributed by atoms with Gasteiger partial charge in [-0.25, -0.2) is 0 Å². The summed E-state index contributed by atoms with van der Waals surface area (Å²) in [5, 5.41) is 0. The van der Waals surface area contributed by atoms with Crippen LogP contribution in [0.5, 0.6) is 0 Å². The van der Waals surface area contributed by atoms with Crippen molar-refractivity contribution >= 4 is 0 Å². The fourth-order valence-electron chi connectivity index (χ4n) is 1.33. The van der Waals surface area contributed by atoms with Gasteiger partial charge in [0.05, 0.1) is 0 Å². The van der Waals surface area contributed by atoms with Gasteiger partial charge in [0, 0.05) is 0 Å². The molecule has 1 aliphatic carbocycles. The molecule has 0 N–H and O–H groups in total. The molecular formula is C11H15. The van der Waals surface area contributed by atoms with Gasteiger partial charge in [-0.15, -0.1) is 6.58 Å². The van der Waals surface area contributed by atoms with Crippen molar-refractivity contribution in [3.8, 4) is 0 Å². The Balaban J connectivity index is 2.29. The summed E-state index contributed by atoms with van der Waals surface area (Å²) in [5.41, 5.74) is 1.37. The molecular weight excluding hydrogens is 132 g/mol. The first-order valence-corrected chi connectivity index (χ1v) is 4.20. The quantitative estimate of drug-likeness (QED) is 0.535. The summed E-state index contributed by atoms with van der Waals surface area (Å²) in [6, 6.07) is 0. The zero-order valence-corrected chi connectivity index (χ0v) is 7.14. The Bertz CT molecular complexity index is 184. The van der Waals surface area contributed by atoms with E-state index in [0.717, 1.165) is 25.2 Å². The van der Waals surface area contributed by atoms with Crippen molar-refractivity contribution < 1.29 is 0 Å². The number of hydrogen-bond donors (Lipinski definition) is 0. The lowest BCUT2D eigenvalue weighted by molar-refractivity contribution is 0.592. The Kier molecular flexibility index (Phi) is 3.15. The van der Waals surface area contributed by atoms with Crippen molar-refractivity contribution in [2.24, 2.45) is 5.92 Å². The molecule has 11 heavy (non-hydrogen) atoms. The van der Waals surface area contributed by atoms with Gasteiger partial charge in [0.15, 0.2) is 0 Å². The molecule has 0 fully saturated rings. The summed E-state index contributed by atoms with van der Waals surface area (Å²) >= 11 is 0. The molecule has 0 aromatic rings. The Labute approximate surface area is 69.3 Å². The van der Waals surface area contributed by atoms with E-state index in [1.54, 1.807) is 0 Å². The van der Waals surface area contributed by atoms with E-state index in [1.165, 1.54) is 5.57 Å². The zero-order valence-electron chi connectivity index (χ0n) is 7.14. The molecule has 0 bridgehead atoms. The third kappa shape index (κ3) is 2.75. The zero-order chi connectivity index (χ0) is 8.10. The topological polar surface area (TPSA) is 0 Å². The van der Waals surface area contributed by atoms with Crippen LogP contribution in [0.4, 0.5) is 0 Å². The predicted molar refractivity (Wildman–Crippen MR) is 49.1 cm³/mol. The van der Waals surface area contributed by atoms with E-state index in [-0.39, 0.29) is 0 Å². The van der Waals surface area contributed by atoms with E-state index in [4.69, 9.17) is 0 Å². The molecule has 0 amide bonds. The molecule has 0 saturated carbocycles. The fourth-order valence-corrected chi connectivity index (χ4v) is 1.33. The van der Waals surface area contributed by atoms with Crippen molar-refractivity contribution in [3.63, 3.8) is 0 Å². The summed E-state index contributed by atoms with van der Waals surface area (Å²) in [7, 11) is 0. The molecule has 0 heteroatoms. The normalized spacial score (nSPS) is 18.1. The van der Waals surface area contributed by atoms with Gasteiger partial charge in [-0.05, 0) is 36.8 Å². The van der Waals surface area contributed by atoms with E-state index < -0.39 is 0 Å². The maximum absolute atomic E-state index is 3.73. The van der Waals surface area contributed by atoms with Crippen LogP contribution in [0.25, 0.3) is 0 Å². The van der Waals surface area contributed by atoms with E-state index in [2.05, 4.69) is 31.7 Å². The summed E-state index contributed by atoms with van der Waals surface area (Å²) in [6.07, 6.45) is 12.9. The standard InChI is InChI=1S/C11H15/c1-3-6-10(2)9-11-7-4-5-8-11/h3-4,7,10H,1,5-6,9H2,2H3. The lowest BCUT2D eigenvalue weighted by Crippen LogP contribution is -1.92. The smallest absolute Gasteiger partial charge is 0.00885 e. The molecule has 1 aliphatic rings. The van der Waals surface area contributed by atoms with Crippen molar-refractivity contribution in [2.75, 3.05) is 0 Å². The Morgan fingerprint density at radius 1 is 1.82 bits per heavy atom. The van der Waals surface area contributed by atoms with Crippen LogP contribution in [0.15, 0.2) is 30.4 Å². The second kappa shape index (κ2) is 4.17. The molecule has 0 heterocycles. The lowest BCUT2D eigenvalue weighted by atomic mass is 9.99. The van der Waals surface area contributed by atoms with Gasteiger partial charge in [-0.1, -0.05) is 25.2 Å². The minimum absolute atomic E-state index is 0.720. The molecule has 1 rings (SSSR count). The third-order valence-electron chi connectivity index (χ3n) is 1.90. The molecule has 0 saturated heterocycles.